The molecule has 0 bridgehead atoms. The van der Waals surface area contributed by atoms with Crippen molar-refractivity contribution in [3.63, 3.8) is 0 Å². The molecule has 3 nitrogen and oxygen atoms in total. The summed E-state index contributed by atoms with van der Waals surface area (Å²) in [6.45, 7) is 7.18. The summed E-state index contributed by atoms with van der Waals surface area (Å²) in [6.07, 6.45) is 1.29. The van der Waals surface area contributed by atoms with Gasteiger partial charge in [-0.1, -0.05) is 12.7 Å². The minimum atomic E-state index is -2.33. The van der Waals surface area contributed by atoms with Gasteiger partial charge in [-0.05, 0) is 32.0 Å². The van der Waals surface area contributed by atoms with Crippen LogP contribution in [0.2, 0.25) is 0 Å². The predicted molar refractivity (Wildman–Crippen MR) is 86.5 cm³/mol. The fraction of sp³-hybridized carbons (Fsp3) is 0.167. The van der Waals surface area contributed by atoms with E-state index in [0.717, 1.165) is 0 Å². The van der Waals surface area contributed by atoms with Gasteiger partial charge in [0, 0.05) is 11.3 Å². The van der Waals surface area contributed by atoms with E-state index in [1.54, 1.807) is 13.8 Å². The van der Waals surface area contributed by atoms with Crippen LogP contribution in [-0.2, 0) is 0 Å². The molecular formula is C18H14F5NO2. The van der Waals surface area contributed by atoms with Gasteiger partial charge in [0.25, 0.3) is 5.91 Å². The number of benzene rings is 2. The molecule has 0 unspecified atom stereocenters. The van der Waals surface area contributed by atoms with Gasteiger partial charge in [0.15, 0.2) is 23.3 Å². The highest BCUT2D eigenvalue weighted by atomic mass is 19.2. The number of amides is 1. The lowest BCUT2D eigenvalue weighted by molar-refractivity contribution is 0.101. The normalized spacial score (nSPS) is 10.8. The molecule has 2 rings (SSSR count). The highest BCUT2D eigenvalue weighted by Gasteiger charge is 2.29. The molecule has 2 aromatic carbocycles. The molecule has 2 aromatic rings. The first kappa shape index (κ1) is 19.4. The largest absolute Gasteiger partial charge is 0.490 e. The molecule has 138 valence electrons. The zero-order valence-electron chi connectivity index (χ0n) is 13.8. The second-order valence-corrected chi connectivity index (χ2v) is 5.52. The van der Waals surface area contributed by atoms with Crippen LogP contribution in [0.3, 0.4) is 0 Å². The fourth-order valence-corrected chi connectivity index (χ4v) is 2.14. The van der Waals surface area contributed by atoms with Crippen molar-refractivity contribution in [2.24, 2.45) is 0 Å². The number of nitrogens with one attached hydrogen (secondary N) is 1. The van der Waals surface area contributed by atoms with Crippen LogP contribution in [0.25, 0.3) is 6.08 Å². The minimum absolute atomic E-state index is 0.0601. The van der Waals surface area contributed by atoms with Crippen molar-refractivity contribution in [2.75, 3.05) is 5.32 Å². The standard InChI is InChI=1S/C18H14F5NO2/c1-4-9-7-10(5-6-11(9)26-8(2)3)24-18(25)12-13(19)15(21)17(23)16(22)14(12)20/h4-8H,1H2,2-3H3,(H,24,25). The topological polar surface area (TPSA) is 38.3 Å². The summed E-state index contributed by atoms with van der Waals surface area (Å²) in [6, 6.07) is 4.22. The van der Waals surface area contributed by atoms with Crippen LogP contribution < -0.4 is 10.1 Å². The van der Waals surface area contributed by atoms with Gasteiger partial charge in [-0.3, -0.25) is 4.79 Å². The van der Waals surface area contributed by atoms with Crippen molar-refractivity contribution in [1.29, 1.82) is 0 Å². The van der Waals surface area contributed by atoms with E-state index in [1.807, 2.05) is 0 Å². The SMILES string of the molecule is C=Cc1cc(NC(=O)c2c(F)c(F)c(F)c(F)c2F)ccc1OC(C)C. The maximum absolute atomic E-state index is 13.7. The monoisotopic (exact) mass is 371 g/mol. The highest BCUT2D eigenvalue weighted by molar-refractivity contribution is 6.04. The average Bonchev–Trinajstić information content (AvgIpc) is 2.59. The van der Waals surface area contributed by atoms with E-state index in [4.69, 9.17) is 4.74 Å². The Hall–Kier alpha value is -2.90. The van der Waals surface area contributed by atoms with Gasteiger partial charge < -0.3 is 10.1 Å². The Morgan fingerprint density at radius 2 is 1.58 bits per heavy atom. The third kappa shape index (κ3) is 3.68. The summed E-state index contributed by atoms with van der Waals surface area (Å²) >= 11 is 0. The maximum Gasteiger partial charge on any atom is 0.261 e. The van der Waals surface area contributed by atoms with Gasteiger partial charge in [-0.15, -0.1) is 0 Å². The Bertz CT molecular complexity index is 851. The number of ether oxygens (including phenoxy) is 1. The Kier molecular flexibility index (Phi) is 5.64. The lowest BCUT2D eigenvalue weighted by Crippen LogP contribution is -2.19. The van der Waals surface area contributed by atoms with Crippen molar-refractivity contribution in [3.05, 3.63) is 65.0 Å². The summed E-state index contributed by atoms with van der Waals surface area (Å²) in [4.78, 5) is 12.0. The number of carbonyl (C=O) groups is 1. The third-order valence-electron chi connectivity index (χ3n) is 3.29. The van der Waals surface area contributed by atoms with E-state index in [-0.39, 0.29) is 11.8 Å². The van der Waals surface area contributed by atoms with Crippen LogP contribution in [0.4, 0.5) is 27.6 Å². The smallest absolute Gasteiger partial charge is 0.261 e. The molecule has 0 fully saturated rings. The molecule has 0 aliphatic heterocycles. The predicted octanol–water partition coefficient (Wildman–Crippen LogP) is 5.06. The Morgan fingerprint density at radius 3 is 2.08 bits per heavy atom. The fourth-order valence-electron chi connectivity index (χ4n) is 2.14. The summed E-state index contributed by atoms with van der Waals surface area (Å²) < 4.78 is 72.4. The zero-order chi connectivity index (χ0) is 19.6. The van der Waals surface area contributed by atoms with Crippen molar-refractivity contribution >= 4 is 17.7 Å². The molecule has 0 radical (unpaired) electrons. The van der Waals surface area contributed by atoms with Crippen molar-refractivity contribution < 1.29 is 31.5 Å². The third-order valence-corrected chi connectivity index (χ3v) is 3.29. The Balaban J connectivity index is 2.38. The molecule has 0 spiro atoms. The Labute approximate surface area is 146 Å². The molecule has 26 heavy (non-hydrogen) atoms. The molecule has 0 saturated heterocycles. The number of rotatable bonds is 5. The van der Waals surface area contributed by atoms with E-state index in [2.05, 4.69) is 11.9 Å². The van der Waals surface area contributed by atoms with Crippen molar-refractivity contribution in [1.82, 2.24) is 0 Å². The lowest BCUT2D eigenvalue weighted by atomic mass is 10.1. The zero-order valence-corrected chi connectivity index (χ0v) is 13.8. The quantitative estimate of drug-likeness (QED) is 0.453. The molecule has 0 aliphatic rings. The molecule has 0 saturated carbocycles. The molecule has 0 atom stereocenters. The second-order valence-electron chi connectivity index (χ2n) is 5.52. The van der Waals surface area contributed by atoms with Crippen LogP contribution in [-0.4, -0.2) is 12.0 Å². The van der Waals surface area contributed by atoms with Crippen LogP contribution in [0, 0.1) is 29.1 Å². The first-order valence-electron chi connectivity index (χ1n) is 7.43. The number of halogens is 5. The number of hydrogen-bond donors (Lipinski definition) is 1. The van der Waals surface area contributed by atoms with Gasteiger partial charge in [-0.2, -0.15) is 0 Å². The van der Waals surface area contributed by atoms with Crippen LogP contribution in [0.15, 0.2) is 24.8 Å². The van der Waals surface area contributed by atoms with E-state index >= 15 is 0 Å². The summed E-state index contributed by atoms with van der Waals surface area (Å²) in [5.74, 6) is -12.2. The molecule has 1 amide bonds. The highest BCUT2D eigenvalue weighted by Crippen LogP contribution is 2.27. The summed E-state index contributed by atoms with van der Waals surface area (Å²) in [5.41, 5.74) is -1.04. The minimum Gasteiger partial charge on any atom is -0.490 e. The molecule has 1 N–H and O–H groups in total. The second kappa shape index (κ2) is 7.55. The van der Waals surface area contributed by atoms with E-state index in [1.165, 1.54) is 24.3 Å². The summed E-state index contributed by atoms with van der Waals surface area (Å²) in [5, 5.41) is 2.09. The first-order valence-corrected chi connectivity index (χ1v) is 7.43. The van der Waals surface area contributed by atoms with Crippen LogP contribution in [0.5, 0.6) is 5.75 Å². The number of anilines is 1. The summed E-state index contributed by atoms with van der Waals surface area (Å²) in [7, 11) is 0. The Morgan fingerprint density at radius 1 is 1.04 bits per heavy atom. The van der Waals surface area contributed by atoms with Gasteiger partial charge >= 0.3 is 0 Å². The molecular weight excluding hydrogens is 357 g/mol. The van der Waals surface area contributed by atoms with E-state index < -0.39 is 40.6 Å². The average molecular weight is 371 g/mol. The van der Waals surface area contributed by atoms with Crippen LogP contribution >= 0.6 is 0 Å². The molecule has 0 heterocycles. The van der Waals surface area contributed by atoms with Crippen molar-refractivity contribution in [3.8, 4) is 5.75 Å². The van der Waals surface area contributed by atoms with E-state index in [0.29, 0.717) is 11.3 Å². The molecule has 8 heteroatoms. The maximum atomic E-state index is 13.7. The molecule has 0 aliphatic carbocycles. The van der Waals surface area contributed by atoms with Gasteiger partial charge in [0.1, 0.15) is 11.3 Å². The van der Waals surface area contributed by atoms with Crippen LogP contribution in [0.1, 0.15) is 29.8 Å². The number of carbonyl (C=O) groups excluding carboxylic acids is 1. The van der Waals surface area contributed by atoms with Crippen molar-refractivity contribution in [2.45, 2.75) is 20.0 Å². The molecule has 0 aromatic heterocycles. The van der Waals surface area contributed by atoms with Gasteiger partial charge in [0.2, 0.25) is 5.82 Å². The lowest BCUT2D eigenvalue weighted by Gasteiger charge is -2.14. The first-order chi connectivity index (χ1) is 12.2. The van der Waals surface area contributed by atoms with Gasteiger partial charge in [0.05, 0.1) is 6.10 Å². The van der Waals surface area contributed by atoms with E-state index in [9.17, 15) is 26.7 Å². The van der Waals surface area contributed by atoms with Gasteiger partial charge in [-0.25, -0.2) is 22.0 Å². The number of hydrogen-bond acceptors (Lipinski definition) is 2.